The highest BCUT2D eigenvalue weighted by molar-refractivity contribution is 7.80. The molecule has 0 unspecified atom stereocenters. The molecule has 5 nitrogen and oxygen atoms in total. The third kappa shape index (κ3) is 2.54. The number of thiocarbonyl (C=S) groups is 1. The van der Waals surface area contributed by atoms with E-state index >= 15 is 0 Å². The Morgan fingerprint density at radius 1 is 1.44 bits per heavy atom. The first-order valence-electron chi connectivity index (χ1n) is 5.21. The monoisotopic (exact) mass is 261 g/mol. The molecule has 3 N–H and O–H groups in total. The molecule has 0 saturated heterocycles. The Balaban J connectivity index is 2.24. The molecule has 0 fully saturated rings. The van der Waals surface area contributed by atoms with Crippen molar-refractivity contribution in [1.82, 2.24) is 5.16 Å². The number of amides is 1. The van der Waals surface area contributed by atoms with Gasteiger partial charge in [-0.1, -0.05) is 29.5 Å². The summed E-state index contributed by atoms with van der Waals surface area (Å²) < 4.78 is 4.87. The van der Waals surface area contributed by atoms with Crippen molar-refractivity contribution in [2.75, 3.05) is 5.32 Å². The lowest BCUT2D eigenvalue weighted by atomic mass is 10.1. The molecule has 0 spiro atoms. The molecule has 1 heterocycles. The molecule has 0 atom stereocenters. The van der Waals surface area contributed by atoms with Gasteiger partial charge in [0.15, 0.2) is 0 Å². The lowest BCUT2D eigenvalue weighted by Gasteiger charge is -2.08. The molecule has 1 amide bonds. The molecule has 92 valence electrons. The maximum atomic E-state index is 11.9. The number of aromatic nitrogens is 1. The second-order valence-corrected chi connectivity index (χ2v) is 4.14. The van der Waals surface area contributed by atoms with Crippen LogP contribution in [0.4, 0.5) is 5.69 Å². The number of aryl methyl sites for hydroxylation is 1. The molecule has 2 aromatic rings. The van der Waals surface area contributed by atoms with E-state index in [1.54, 1.807) is 37.3 Å². The van der Waals surface area contributed by atoms with Gasteiger partial charge in [0.2, 0.25) is 5.76 Å². The largest absolute Gasteiger partial charge is 0.389 e. The molecule has 0 radical (unpaired) electrons. The minimum absolute atomic E-state index is 0.144. The van der Waals surface area contributed by atoms with Crippen molar-refractivity contribution < 1.29 is 9.32 Å². The predicted octanol–water partition coefficient (Wildman–Crippen LogP) is 1.87. The fourth-order valence-corrected chi connectivity index (χ4v) is 1.64. The topological polar surface area (TPSA) is 81.2 Å². The van der Waals surface area contributed by atoms with Crippen LogP contribution in [0.1, 0.15) is 21.8 Å². The summed E-state index contributed by atoms with van der Waals surface area (Å²) >= 11 is 4.91. The van der Waals surface area contributed by atoms with Crippen LogP contribution in [-0.2, 0) is 0 Å². The predicted molar refractivity (Wildman–Crippen MR) is 71.5 cm³/mol. The van der Waals surface area contributed by atoms with E-state index in [0.29, 0.717) is 16.9 Å². The molecule has 0 aliphatic carbocycles. The quantitative estimate of drug-likeness (QED) is 0.824. The number of para-hydroxylation sites is 1. The van der Waals surface area contributed by atoms with Crippen molar-refractivity contribution in [2.45, 2.75) is 6.92 Å². The van der Waals surface area contributed by atoms with Crippen molar-refractivity contribution in [3.05, 3.63) is 47.3 Å². The highest BCUT2D eigenvalue weighted by Gasteiger charge is 2.14. The summed E-state index contributed by atoms with van der Waals surface area (Å²) in [6.07, 6.45) is 0. The van der Waals surface area contributed by atoms with E-state index in [1.807, 2.05) is 0 Å². The Labute approximate surface area is 109 Å². The van der Waals surface area contributed by atoms with Crippen LogP contribution in [0, 0.1) is 6.92 Å². The summed E-state index contributed by atoms with van der Waals surface area (Å²) in [4.78, 5) is 12.1. The average Bonchev–Trinajstić information content (AvgIpc) is 2.76. The third-order valence-electron chi connectivity index (χ3n) is 2.29. The zero-order valence-corrected chi connectivity index (χ0v) is 10.5. The van der Waals surface area contributed by atoms with Gasteiger partial charge in [-0.15, -0.1) is 0 Å². The standard InChI is InChI=1S/C12H11N3O2S/c1-7-6-10(17-15-7)12(16)14-9-5-3-2-4-8(9)11(13)18/h2-6H,1H3,(H2,13,18)(H,14,16). The number of nitrogens with one attached hydrogen (secondary N) is 1. The normalized spacial score (nSPS) is 10.1. The maximum absolute atomic E-state index is 11.9. The molecule has 18 heavy (non-hydrogen) atoms. The third-order valence-corrected chi connectivity index (χ3v) is 2.51. The van der Waals surface area contributed by atoms with E-state index in [4.69, 9.17) is 22.5 Å². The van der Waals surface area contributed by atoms with Crippen LogP contribution in [0.2, 0.25) is 0 Å². The van der Waals surface area contributed by atoms with Crippen molar-refractivity contribution in [1.29, 1.82) is 0 Å². The van der Waals surface area contributed by atoms with Crippen LogP contribution in [0.3, 0.4) is 0 Å². The highest BCUT2D eigenvalue weighted by atomic mass is 32.1. The van der Waals surface area contributed by atoms with E-state index in [2.05, 4.69) is 10.5 Å². The van der Waals surface area contributed by atoms with Crippen molar-refractivity contribution in [3.8, 4) is 0 Å². The van der Waals surface area contributed by atoms with E-state index < -0.39 is 0 Å². The Morgan fingerprint density at radius 2 is 2.17 bits per heavy atom. The summed E-state index contributed by atoms with van der Waals surface area (Å²) in [5.74, 6) is -0.246. The van der Waals surface area contributed by atoms with Gasteiger partial charge in [0.05, 0.1) is 11.4 Å². The molecule has 6 heteroatoms. The minimum atomic E-state index is -0.390. The second kappa shape index (κ2) is 4.97. The van der Waals surface area contributed by atoms with Crippen LogP contribution in [-0.4, -0.2) is 16.1 Å². The second-order valence-electron chi connectivity index (χ2n) is 3.70. The number of rotatable bonds is 3. The summed E-state index contributed by atoms with van der Waals surface area (Å²) in [6, 6.07) is 8.59. The summed E-state index contributed by atoms with van der Waals surface area (Å²) in [6.45, 7) is 1.74. The van der Waals surface area contributed by atoms with E-state index in [0.717, 1.165) is 0 Å². The summed E-state index contributed by atoms with van der Waals surface area (Å²) in [5.41, 5.74) is 7.37. The van der Waals surface area contributed by atoms with E-state index in [1.165, 1.54) is 0 Å². The molecule has 0 aliphatic heterocycles. The smallest absolute Gasteiger partial charge is 0.294 e. The molecule has 1 aromatic carbocycles. The van der Waals surface area contributed by atoms with Crippen LogP contribution >= 0.6 is 12.2 Å². The SMILES string of the molecule is Cc1cc(C(=O)Nc2ccccc2C(N)=S)on1. The Hall–Kier alpha value is -2.21. The van der Waals surface area contributed by atoms with Gasteiger partial charge in [-0.3, -0.25) is 4.79 Å². The first-order chi connectivity index (χ1) is 8.58. The van der Waals surface area contributed by atoms with Gasteiger partial charge in [-0.25, -0.2) is 0 Å². The van der Waals surface area contributed by atoms with Crippen LogP contribution in [0.25, 0.3) is 0 Å². The molecule has 0 aliphatic rings. The number of nitrogens with zero attached hydrogens (tertiary/aromatic N) is 1. The lowest BCUT2D eigenvalue weighted by Crippen LogP contribution is -2.17. The van der Waals surface area contributed by atoms with Crippen LogP contribution in [0.15, 0.2) is 34.9 Å². The van der Waals surface area contributed by atoms with Crippen molar-refractivity contribution in [2.24, 2.45) is 5.73 Å². The van der Waals surface area contributed by atoms with Gasteiger partial charge >= 0.3 is 0 Å². The number of nitrogens with two attached hydrogens (primary N) is 1. The van der Waals surface area contributed by atoms with Gasteiger partial charge in [0, 0.05) is 11.6 Å². The van der Waals surface area contributed by atoms with Crippen LogP contribution < -0.4 is 11.1 Å². The first kappa shape index (κ1) is 12.3. The number of hydrogen-bond donors (Lipinski definition) is 2. The van der Waals surface area contributed by atoms with Crippen LogP contribution in [0.5, 0.6) is 0 Å². The maximum Gasteiger partial charge on any atom is 0.294 e. The average molecular weight is 261 g/mol. The molecular weight excluding hydrogens is 250 g/mol. The molecule has 0 saturated carbocycles. The molecule has 2 rings (SSSR count). The summed E-state index contributed by atoms with van der Waals surface area (Å²) in [5, 5.41) is 6.33. The highest BCUT2D eigenvalue weighted by Crippen LogP contribution is 2.16. The number of carbonyl (C=O) groups excluding carboxylic acids is 1. The van der Waals surface area contributed by atoms with Gasteiger partial charge in [-0.2, -0.15) is 0 Å². The Morgan fingerprint density at radius 3 is 2.78 bits per heavy atom. The summed E-state index contributed by atoms with van der Waals surface area (Å²) in [7, 11) is 0. The van der Waals surface area contributed by atoms with Gasteiger partial charge in [-0.05, 0) is 19.1 Å². The fraction of sp³-hybridized carbons (Fsp3) is 0.0833. The first-order valence-corrected chi connectivity index (χ1v) is 5.62. The van der Waals surface area contributed by atoms with Crippen molar-refractivity contribution in [3.63, 3.8) is 0 Å². The zero-order chi connectivity index (χ0) is 13.1. The lowest BCUT2D eigenvalue weighted by molar-refractivity contribution is 0.0988. The molecule has 0 bridgehead atoms. The van der Waals surface area contributed by atoms with E-state index in [-0.39, 0.29) is 16.7 Å². The molecule has 1 aromatic heterocycles. The van der Waals surface area contributed by atoms with Gasteiger partial charge < -0.3 is 15.6 Å². The van der Waals surface area contributed by atoms with Crippen molar-refractivity contribution >= 4 is 28.8 Å². The molecular formula is C12H11N3O2S. The number of anilines is 1. The van der Waals surface area contributed by atoms with Gasteiger partial charge in [0.25, 0.3) is 5.91 Å². The minimum Gasteiger partial charge on any atom is -0.389 e. The van der Waals surface area contributed by atoms with E-state index in [9.17, 15) is 4.79 Å². The Kier molecular flexibility index (Phi) is 3.38. The van der Waals surface area contributed by atoms with Gasteiger partial charge in [0.1, 0.15) is 4.99 Å². The fourth-order valence-electron chi connectivity index (χ4n) is 1.46. The number of benzene rings is 1. The zero-order valence-electron chi connectivity index (χ0n) is 9.64. The number of hydrogen-bond acceptors (Lipinski definition) is 4. The Bertz CT molecular complexity index is 607. The number of carbonyl (C=O) groups is 1.